The molecule has 0 unspecified atom stereocenters. The molecule has 0 spiro atoms. The number of para-hydroxylation sites is 7. The smallest absolute Gasteiger partial charge is 0.261 e. The highest BCUT2D eigenvalue weighted by Crippen LogP contribution is 2.41. The summed E-state index contributed by atoms with van der Waals surface area (Å²) in [7, 11) is 0. The molecule has 0 N–H and O–H groups in total. The van der Waals surface area contributed by atoms with E-state index in [0.29, 0.717) is 0 Å². The van der Waals surface area contributed by atoms with Gasteiger partial charge in [-0.3, -0.25) is 4.57 Å². The second-order valence-electron chi connectivity index (χ2n) is 15.1. The van der Waals surface area contributed by atoms with Gasteiger partial charge in [0, 0.05) is 48.8 Å². The molecule has 58 heavy (non-hydrogen) atoms. The molecule has 0 aliphatic heterocycles. The van der Waals surface area contributed by atoms with Crippen LogP contribution in [0.15, 0.2) is 200 Å². The van der Waals surface area contributed by atoms with Crippen LogP contribution in [0.5, 0.6) is 0 Å². The van der Waals surface area contributed by atoms with E-state index >= 15 is 0 Å². The lowest BCUT2D eigenvalue weighted by atomic mass is 10.1. The van der Waals surface area contributed by atoms with E-state index in [-0.39, 0.29) is 0 Å². The van der Waals surface area contributed by atoms with Crippen molar-refractivity contribution >= 4 is 87.2 Å². The highest BCUT2D eigenvalue weighted by atomic mass is 15.5. The van der Waals surface area contributed by atoms with Gasteiger partial charge in [0.15, 0.2) is 0 Å². The Labute approximate surface area is 331 Å². The lowest BCUT2D eigenvalue weighted by molar-refractivity contribution is -0.717. The quantitative estimate of drug-likeness (QED) is 0.166. The molecule has 270 valence electrons. The second kappa shape index (κ2) is 11.8. The number of rotatable bonds is 4. The third kappa shape index (κ3) is 4.15. The summed E-state index contributed by atoms with van der Waals surface area (Å²) in [4.78, 5) is 5.41. The van der Waals surface area contributed by atoms with Crippen molar-refractivity contribution in [1.29, 1.82) is 0 Å². The summed E-state index contributed by atoms with van der Waals surface area (Å²) in [6.45, 7) is 0. The second-order valence-corrected chi connectivity index (χ2v) is 15.1. The molecule has 0 aliphatic rings. The Balaban J connectivity index is 1.24. The van der Waals surface area contributed by atoms with Gasteiger partial charge in [0.1, 0.15) is 16.6 Å². The highest BCUT2D eigenvalue weighted by Gasteiger charge is 2.28. The Hall–Kier alpha value is -7.96. The Bertz CT molecular complexity index is 3700. The summed E-state index contributed by atoms with van der Waals surface area (Å²) < 4.78 is 11.8. The Morgan fingerprint density at radius 2 is 0.724 bits per heavy atom. The molecule has 13 aromatic rings. The molecule has 0 saturated heterocycles. The zero-order valence-electron chi connectivity index (χ0n) is 31.2. The van der Waals surface area contributed by atoms with Crippen molar-refractivity contribution in [2.75, 3.05) is 0 Å². The SMILES string of the molecule is c1ccc(-n2c3ccccc3c3ccc4c5ccccc5n(-[n+]5cnc(-n6c7ccccc7c7ccccc76)cc5-n5c6ccccc6c6ccccc65)c4c32)cc1. The van der Waals surface area contributed by atoms with Gasteiger partial charge < -0.3 is 4.57 Å². The van der Waals surface area contributed by atoms with Crippen LogP contribution in [-0.2, 0) is 0 Å². The molecular weight excluding hydrogens is 709 g/mol. The van der Waals surface area contributed by atoms with Gasteiger partial charge in [-0.15, -0.1) is 4.68 Å². The van der Waals surface area contributed by atoms with Gasteiger partial charge in [0.05, 0.1) is 33.6 Å². The lowest BCUT2D eigenvalue weighted by Gasteiger charge is -2.15. The monoisotopic (exact) mass is 741 g/mol. The van der Waals surface area contributed by atoms with E-state index in [4.69, 9.17) is 4.98 Å². The standard InChI is InChI=1S/C52H33N6/c1-2-16-34(17-3-1)55-43-24-10-8-22-39(43)41-30-31-42-40-23-9-15-29-48(40)58(52(42)51(41)55)54-33-53-49(56-44-25-11-4-18-35(44)36-19-5-12-26-45(36)56)32-50(54)57-46-27-13-6-20-37(46)38-21-7-14-28-47(38)57/h1-33H/q+1. The van der Waals surface area contributed by atoms with E-state index in [1.165, 1.54) is 48.6 Å². The lowest BCUT2D eigenvalue weighted by Crippen LogP contribution is -2.46. The predicted octanol–water partition coefficient (Wildman–Crippen LogP) is 12.1. The number of aromatic nitrogens is 6. The first-order valence-corrected chi connectivity index (χ1v) is 19.7. The molecule has 0 saturated carbocycles. The molecule has 0 aliphatic carbocycles. The topological polar surface area (TPSA) is 36.5 Å². The first-order chi connectivity index (χ1) is 28.8. The first-order valence-electron chi connectivity index (χ1n) is 19.7. The molecule has 6 heteroatoms. The van der Waals surface area contributed by atoms with Gasteiger partial charge >= 0.3 is 0 Å². The van der Waals surface area contributed by atoms with Gasteiger partial charge in [-0.25, -0.2) is 4.57 Å². The van der Waals surface area contributed by atoms with Crippen molar-refractivity contribution in [3.63, 3.8) is 0 Å². The van der Waals surface area contributed by atoms with Crippen LogP contribution in [0.4, 0.5) is 0 Å². The molecule has 5 heterocycles. The molecule has 6 nitrogen and oxygen atoms in total. The number of hydrogen-bond acceptors (Lipinski definition) is 1. The Kier molecular flexibility index (Phi) is 6.35. The molecule has 0 radical (unpaired) electrons. The summed E-state index contributed by atoms with van der Waals surface area (Å²) >= 11 is 0. The largest absolute Gasteiger partial charge is 0.307 e. The highest BCUT2D eigenvalue weighted by molar-refractivity contribution is 6.23. The molecule has 0 atom stereocenters. The van der Waals surface area contributed by atoms with Gasteiger partial charge in [-0.2, -0.15) is 4.68 Å². The maximum absolute atomic E-state index is 5.41. The summed E-state index contributed by atoms with van der Waals surface area (Å²) in [6, 6.07) is 69.9. The fraction of sp³-hybridized carbons (Fsp3) is 0. The van der Waals surface area contributed by atoms with Crippen LogP contribution >= 0.6 is 0 Å². The first kappa shape index (κ1) is 31.3. The zero-order chi connectivity index (χ0) is 37.9. The van der Waals surface area contributed by atoms with Crippen LogP contribution in [0.2, 0.25) is 0 Å². The Morgan fingerprint density at radius 1 is 0.328 bits per heavy atom. The van der Waals surface area contributed by atoms with Crippen LogP contribution in [0.1, 0.15) is 0 Å². The third-order valence-corrected chi connectivity index (χ3v) is 12.1. The van der Waals surface area contributed by atoms with Gasteiger partial charge in [-0.1, -0.05) is 145 Å². The van der Waals surface area contributed by atoms with Crippen molar-refractivity contribution in [2.24, 2.45) is 0 Å². The molecule has 0 amide bonds. The molecule has 13 rings (SSSR count). The molecule has 0 bridgehead atoms. The van der Waals surface area contributed by atoms with Crippen LogP contribution in [-0.4, -0.2) is 23.4 Å². The van der Waals surface area contributed by atoms with Crippen LogP contribution < -0.4 is 4.68 Å². The van der Waals surface area contributed by atoms with E-state index in [9.17, 15) is 0 Å². The maximum atomic E-state index is 5.41. The minimum atomic E-state index is 0.842. The number of hydrogen-bond donors (Lipinski definition) is 0. The third-order valence-electron chi connectivity index (χ3n) is 12.1. The van der Waals surface area contributed by atoms with Gasteiger partial charge in [0.2, 0.25) is 5.82 Å². The summed E-state index contributed by atoms with van der Waals surface area (Å²) in [6.07, 6.45) is 2.03. The van der Waals surface area contributed by atoms with Crippen LogP contribution in [0.3, 0.4) is 0 Å². The van der Waals surface area contributed by atoms with E-state index in [1.807, 2.05) is 6.33 Å². The average Bonchev–Trinajstić information content (AvgIpc) is 4.02. The van der Waals surface area contributed by atoms with Crippen molar-refractivity contribution in [1.82, 2.24) is 23.4 Å². The fourth-order valence-corrected chi connectivity index (χ4v) is 9.72. The Morgan fingerprint density at radius 3 is 1.26 bits per heavy atom. The minimum absolute atomic E-state index is 0.842. The van der Waals surface area contributed by atoms with Crippen LogP contribution in [0.25, 0.3) is 105 Å². The van der Waals surface area contributed by atoms with Crippen LogP contribution in [0, 0.1) is 0 Å². The predicted molar refractivity (Wildman–Crippen MR) is 238 cm³/mol. The molecule has 5 aromatic heterocycles. The van der Waals surface area contributed by atoms with E-state index in [2.05, 4.69) is 217 Å². The van der Waals surface area contributed by atoms with Crippen molar-refractivity contribution in [3.05, 3.63) is 200 Å². The van der Waals surface area contributed by atoms with Crippen molar-refractivity contribution in [3.8, 4) is 17.3 Å². The maximum Gasteiger partial charge on any atom is 0.261 e. The minimum Gasteiger partial charge on any atom is -0.307 e. The zero-order valence-corrected chi connectivity index (χ0v) is 31.2. The van der Waals surface area contributed by atoms with E-state index in [0.717, 1.165) is 55.9 Å². The number of nitrogens with zero attached hydrogens (tertiary/aromatic N) is 6. The van der Waals surface area contributed by atoms with E-state index < -0.39 is 0 Å². The van der Waals surface area contributed by atoms with Gasteiger partial charge in [-0.05, 0) is 48.5 Å². The molecule has 8 aromatic carbocycles. The van der Waals surface area contributed by atoms with E-state index in [1.54, 1.807) is 0 Å². The summed E-state index contributed by atoms with van der Waals surface area (Å²) in [5, 5.41) is 9.58. The molecular formula is C52H33N6+. The van der Waals surface area contributed by atoms with Crippen molar-refractivity contribution < 1.29 is 4.68 Å². The number of fused-ring (bicyclic) bond motifs is 13. The molecule has 0 fully saturated rings. The average molecular weight is 742 g/mol. The normalized spacial score (nSPS) is 12.1. The summed E-state index contributed by atoms with van der Waals surface area (Å²) in [5.74, 6) is 1.81. The fourth-order valence-electron chi connectivity index (χ4n) is 9.72. The number of benzene rings is 8. The van der Waals surface area contributed by atoms with Gasteiger partial charge in [0.25, 0.3) is 12.1 Å². The van der Waals surface area contributed by atoms with Crippen molar-refractivity contribution in [2.45, 2.75) is 0 Å². The summed E-state index contributed by atoms with van der Waals surface area (Å²) in [5.41, 5.74) is 10.1.